The lowest BCUT2D eigenvalue weighted by atomic mass is 9.96. The third-order valence-corrected chi connectivity index (χ3v) is 4.25. The molecule has 1 fully saturated rings. The smallest absolute Gasteiger partial charge is 0.145 e. The van der Waals surface area contributed by atoms with E-state index in [0.29, 0.717) is 24.1 Å². The topological polar surface area (TPSA) is 39.1 Å². The van der Waals surface area contributed by atoms with Crippen molar-refractivity contribution in [1.82, 2.24) is 10.2 Å². The van der Waals surface area contributed by atoms with Crippen molar-refractivity contribution in [3.8, 4) is 6.07 Å². The average Bonchev–Trinajstić information content (AvgIpc) is 2.49. The molecule has 0 bridgehead atoms. The molecule has 1 saturated heterocycles. The first-order valence-electron chi connectivity index (χ1n) is 7.74. The van der Waals surface area contributed by atoms with Gasteiger partial charge in [0.25, 0.3) is 0 Å². The third-order valence-electron chi connectivity index (χ3n) is 4.25. The quantitative estimate of drug-likeness (QED) is 0.906. The molecule has 1 heterocycles. The van der Waals surface area contributed by atoms with Gasteiger partial charge in [0, 0.05) is 24.7 Å². The van der Waals surface area contributed by atoms with Crippen molar-refractivity contribution >= 4 is 0 Å². The van der Waals surface area contributed by atoms with E-state index in [1.165, 1.54) is 18.9 Å². The summed E-state index contributed by atoms with van der Waals surface area (Å²) in [5, 5.41) is 12.3. The van der Waals surface area contributed by atoms with Gasteiger partial charge in [-0.1, -0.05) is 12.1 Å². The van der Waals surface area contributed by atoms with Crippen LogP contribution in [0, 0.1) is 23.1 Å². The minimum atomic E-state index is -0.365. The number of hydrogen-bond donors (Lipinski definition) is 1. The molecular weight excluding hydrogens is 265 g/mol. The van der Waals surface area contributed by atoms with Crippen LogP contribution < -0.4 is 5.32 Å². The highest BCUT2D eigenvalue weighted by Crippen LogP contribution is 2.20. The fourth-order valence-corrected chi connectivity index (χ4v) is 2.86. The highest BCUT2D eigenvalue weighted by Gasteiger charge is 2.20. The second kappa shape index (κ2) is 7.53. The Morgan fingerprint density at radius 1 is 1.38 bits per heavy atom. The van der Waals surface area contributed by atoms with Crippen LogP contribution in [-0.2, 0) is 6.54 Å². The Morgan fingerprint density at radius 3 is 2.71 bits per heavy atom. The Hall–Kier alpha value is -1.44. The van der Waals surface area contributed by atoms with Crippen LogP contribution in [0.1, 0.15) is 37.8 Å². The molecule has 4 heteroatoms. The van der Waals surface area contributed by atoms with Crippen molar-refractivity contribution < 1.29 is 4.39 Å². The minimum Gasteiger partial charge on any atom is -0.317 e. The first-order chi connectivity index (χ1) is 10.1. The van der Waals surface area contributed by atoms with Crippen molar-refractivity contribution in [2.75, 3.05) is 19.6 Å². The number of nitriles is 1. The molecule has 114 valence electrons. The van der Waals surface area contributed by atoms with Gasteiger partial charge in [-0.25, -0.2) is 4.39 Å². The number of nitrogens with one attached hydrogen (secondary N) is 1. The molecule has 21 heavy (non-hydrogen) atoms. The molecule has 1 aromatic carbocycles. The van der Waals surface area contributed by atoms with Crippen molar-refractivity contribution in [2.24, 2.45) is 5.92 Å². The maximum absolute atomic E-state index is 14.2. The molecule has 0 radical (unpaired) electrons. The number of halogens is 1. The predicted octanol–water partition coefficient (Wildman–Crippen LogP) is 2.91. The van der Waals surface area contributed by atoms with E-state index in [9.17, 15) is 4.39 Å². The first-order valence-corrected chi connectivity index (χ1v) is 7.74. The van der Waals surface area contributed by atoms with E-state index in [4.69, 9.17) is 5.26 Å². The molecule has 1 N–H and O–H groups in total. The molecule has 0 amide bonds. The van der Waals surface area contributed by atoms with E-state index in [2.05, 4.69) is 24.1 Å². The summed E-state index contributed by atoms with van der Waals surface area (Å²) in [6, 6.07) is 7.37. The number of rotatable bonds is 5. The summed E-state index contributed by atoms with van der Waals surface area (Å²) in [5.74, 6) is 0.312. The molecule has 0 aromatic heterocycles. The van der Waals surface area contributed by atoms with Gasteiger partial charge in [-0.3, -0.25) is 4.90 Å². The fraction of sp³-hybridized carbons (Fsp3) is 0.588. The van der Waals surface area contributed by atoms with E-state index in [1.807, 2.05) is 6.07 Å². The van der Waals surface area contributed by atoms with Gasteiger partial charge in [-0.05, 0) is 51.8 Å². The Morgan fingerprint density at radius 2 is 2.10 bits per heavy atom. The van der Waals surface area contributed by atoms with Crippen LogP contribution in [0.5, 0.6) is 0 Å². The lowest BCUT2D eigenvalue weighted by molar-refractivity contribution is 0.160. The molecule has 1 aliphatic heterocycles. The first kappa shape index (κ1) is 15.9. The van der Waals surface area contributed by atoms with Crippen LogP contribution in [0.4, 0.5) is 4.39 Å². The van der Waals surface area contributed by atoms with Crippen molar-refractivity contribution in [3.05, 3.63) is 35.1 Å². The zero-order chi connectivity index (χ0) is 15.2. The van der Waals surface area contributed by atoms with Crippen LogP contribution >= 0.6 is 0 Å². The van der Waals surface area contributed by atoms with Crippen LogP contribution in [0.15, 0.2) is 18.2 Å². The van der Waals surface area contributed by atoms with E-state index < -0.39 is 0 Å². The second-order valence-electron chi connectivity index (χ2n) is 6.11. The van der Waals surface area contributed by atoms with E-state index in [-0.39, 0.29) is 11.4 Å². The molecule has 2 rings (SSSR count). The molecule has 1 aromatic rings. The van der Waals surface area contributed by atoms with E-state index in [1.54, 1.807) is 12.1 Å². The molecule has 1 aliphatic rings. The largest absolute Gasteiger partial charge is 0.317 e. The van der Waals surface area contributed by atoms with Crippen LogP contribution in [0.25, 0.3) is 0 Å². The van der Waals surface area contributed by atoms with Gasteiger partial charge in [-0.15, -0.1) is 0 Å². The lowest BCUT2D eigenvalue weighted by Crippen LogP contribution is -2.39. The molecule has 0 saturated carbocycles. The van der Waals surface area contributed by atoms with Gasteiger partial charge in [0.05, 0.1) is 5.56 Å². The average molecular weight is 289 g/mol. The summed E-state index contributed by atoms with van der Waals surface area (Å²) in [6.45, 7) is 8.02. The molecule has 0 spiro atoms. The van der Waals surface area contributed by atoms with Gasteiger partial charge in [0.15, 0.2) is 0 Å². The number of benzene rings is 1. The highest BCUT2D eigenvalue weighted by atomic mass is 19.1. The predicted molar refractivity (Wildman–Crippen MR) is 82.3 cm³/mol. The van der Waals surface area contributed by atoms with E-state index in [0.717, 1.165) is 19.6 Å². The zero-order valence-corrected chi connectivity index (χ0v) is 12.9. The zero-order valence-electron chi connectivity index (χ0n) is 12.9. The molecule has 3 nitrogen and oxygen atoms in total. The third kappa shape index (κ3) is 4.26. The van der Waals surface area contributed by atoms with Gasteiger partial charge in [0.2, 0.25) is 0 Å². The van der Waals surface area contributed by atoms with Gasteiger partial charge >= 0.3 is 0 Å². The number of nitrogens with zero attached hydrogens (tertiary/aromatic N) is 2. The van der Waals surface area contributed by atoms with Crippen LogP contribution in [0.2, 0.25) is 0 Å². The molecule has 0 atom stereocenters. The number of hydrogen-bond acceptors (Lipinski definition) is 3. The van der Waals surface area contributed by atoms with Gasteiger partial charge in [-0.2, -0.15) is 5.26 Å². The molecule has 0 aliphatic carbocycles. The summed E-state index contributed by atoms with van der Waals surface area (Å²) in [5.41, 5.74) is 0.759. The summed E-state index contributed by atoms with van der Waals surface area (Å²) in [4.78, 5) is 2.32. The highest BCUT2D eigenvalue weighted by molar-refractivity contribution is 5.34. The minimum absolute atomic E-state index is 0.137. The van der Waals surface area contributed by atoms with Crippen molar-refractivity contribution in [1.29, 1.82) is 5.26 Å². The summed E-state index contributed by atoms with van der Waals surface area (Å²) in [6.07, 6.45) is 2.37. The normalized spacial score (nSPS) is 16.4. The SMILES string of the molecule is CC(C)N(Cc1cccc(C#N)c1F)CC1CCNCC1. The standard InChI is InChI=1S/C17H24FN3/c1-13(2)21(11-14-6-8-20-9-7-14)12-16-5-3-4-15(10-19)17(16)18/h3-5,13-14,20H,6-9,11-12H2,1-2H3. The monoisotopic (exact) mass is 289 g/mol. The van der Waals surface area contributed by atoms with Crippen LogP contribution in [-0.4, -0.2) is 30.6 Å². The fourth-order valence-electron chi connectivity index (χ4n) is 2.86. The Bertz CT molecular complexity index is 501. The summed E-state index contributed by atoms with van der Waals surface area (Å²) in [7, 11) is 0. The maximum Gasteiger partial charge on any atom is 0.145 e. The van der Waals surface area contributed by atoms with Crippen molar-refractivity contribution in [2.45, 2.75) is 39.3 Å². The molecule has 0 unspecified atom stereocenters. The second-order valence-corrected chi connectivity index (χ2v) is 6.11. The summed E-state index contributed by atoms with van der Waals surface area (Å²) < 4.78 is 14.2. The number of piperidine rings is 1. The summed E-state index contributed by atoms with van der Waals surface area (Å²) >= 11 is 0. The maximum atomic E-state index is 14.2. The lowest BCUT2D eigenvalue weighted by Gasteiger charge is -2.33. The Labute approximate surface area is 126 Å². The Kier molecular flexibility index (Phi) is 5.72. The van der Waals surface area contributed by atoms with Gasteiger partial charge < -0.3 is 5.32 Å². The Balaban J connectivity index is 2.07. The van der Waals surface area contributed by atoms with E-state index >= 15 is 0 Å². The van der Waals surface area contributed by atoms with Crippen molar-refractivity contribution in [3.63, 3.8) is 0 Å². The molecular formula is C17H24FN3. The van der Waals surface area contributed by atoms with Crippen LogP contribution in [0.3, 0.4) is 0 Å². The van der Waals surface area contributed by atoms with Gasteiger partial charge in [0.1, 0.15) is 11.9 Å².